The number of anilines is 1. The zero-order chi connectivity index (χ0) is 12.5. The molecule has 0 bridgehead atoms. The van der Waals surface area contributed by atoms with Crippen molar-refractivity contribution in [3.63, 3.8) is 0 Å². The molecule has 88 valence electrons. The quantitative estimate of drug-likeness (QED) is 0.705. The maximum atomic E-state index is 5.48. The summed E-state index contributed by atoms with van der Waals surface area (Å²) in [5, 5.41) is 1.11. The Hall–Kier alpha value is -2.49. The first-order valence-corrected chi connectivity index (χ1v) is 5.68. The number of fused-ring (bicyclic) bond motifs is 1. The third-order valence-electron chi connectivity index (χ3n) is 2.83. The molecular weight excluding hydrogens is 224 g/mol. The summed E-state index contributed by atoms with van der Waals surface area (Å²) in [7, 11) is 0. The highest BCUT2D eigenvalue weighted by Crippen LogP contribution is 2.22. The summed E-state index contributed by atoms with van der Waals surface area (Å²) in [5.41, 5.74) is 9.51. The molecule has 4 heteroatoms. The van der Waals surface area contributed by atoms with Crippen molar-refractivity contribution >= 4 is 16.9 Å². The van der Waals surface area contributed by atoms with Gasteiger partial charge in [0.05, 0.1) is 5.52 Å². The van der Waals surface area contributed by atoms with E-state index in [2.05, 4.69) is 27.1 Å². The molecule has 0 spiro atoms. The lowest BCUT2D eigenvalue weighted by molar-refractivity contribution is 1.19. The molecule has 2 heterocycles. The predicted octanol–water partition coefficient (Wildman–Crippen LogP) is 2.58. The average molecular weight is 236 g/mol. The molecule has 2 aromatic heterocycles. The third kappa shape index (κ3) is 1.88. The minimum Gasteiger partial charge on any atom is -0.368 e. The third-order valence-corrected chi connectivity index (χ3v) is 2.83. The highest BCUT2D eigenvalue weighted by molar-refractivity contribution is 5.84. The van der Waals surface area contributed by atoms with Crippen LogP contribution in [0.1, 0.15) is 5.69 Å². The molecule has 0 saturated heterocycles. The van der Waals surface area contributed by atoms with E-state index >= 15 is 0 Å². The molecule has 0 radical (unpaired) electrons. The zero-order valence-electron chi connectivity index (χ0n) is 9.96. The van der Waals surface area contributed by atoms with Crippen LogP contribution in [0.2, 0.25) is 0 Å². The predicted molar refractivity (Wildman–Crippen MR) is 71.9 cm³/mol. The van der Waals surface area contributed by atoms with Gasteiger partial charge in [-0.25, -0.2) is 9.97 Å². The summed E-state index contributed by atoms with van der Waals surface area (Å²) >= 11 is 0. The van der Waals surface area contributed by atoms with E-state index in [9.17, 15) is 0 Å². The first kappa shape index (κ1) is 10.7. The summed E-state index contributed by atoms with van der Waals surface area (Å²) in [5.74, 6) is 0.289. The van der Waals surface area contributed by atoms with E-state index < -0.39 is 0 Å². The van der Waals surface area contributed by atoms with Gasteiger partial charge in [0.2, 0.25) is 5.95 Å². The summed E-state index contributed by atoms with van der Waals surface area (Å²) < 4.78 is 0. The number of hydrogen-bond acceptors (Lipinski definition) is 4. The van der Waals surface area contributed by atoms with E-state index in [1.807, 2.05) is 25.1 Å². The van der Waals surface area contributed by atoms with Gasteiger partial charge in [0.15, 0.2) is 0 Å². The number of aromatic nitrogens is 3. The van der Waals surface area contributed by atoms with Gasteiger partial charge in [0.25, 0.3) is 0 Å². The fraction of sp³-hybridized carbons (Fsp3) is 0.0714. The van der Waals surface area contributed by atoms with Gasteiger partial charge in [-0.15, -0.1) is 0 Å². The van der Waals surface area contributed by atoms with Crippen molar-refractivity contribution in [2.75, 3.05) is 5.73 Å². The van der Waals surface area contributed by atoms with Gasteiger partial charge in [-0.1, -0.05) is 12.1 Å². The fourth-order valence-electron chi connectivity index (χ4n) is 1.89. The van der Waals surface area contributed by atoms with E-state index in [0.29, 0.717) is 0 Å². The van der Waals surface area contributed by atoms with Gasteiger partial charge < -0.3 is 5.73 Å². The van der Waals surface area contributed by atoms with Gasteiger partial charge >= 0.3 is 0 Å². The van der Waals surface area contributed by atoms with Crippen molar-refractivity contribution < 1.29 is 0 Å². The molecule has 0 amide bonds. The second-order valence-corrected chi connectivity index (χ2v) is 4.19. The van der Waals surface area contributed by atoms with Gasteiger partial charge in [0, 0.05) is 29.0 Å². The molecule has 1 aromatic carbocycles. The number of benzene rings is 1. The van der Waals surface area contributed by atoms with Crippen molar-refractivity contribution in [1.82, 2.24) is 15.0 Å². The molecule has 18 heavy (non-hydrogen) atoms. The number of nitrogens with two attached hydrogens (primary N) is 1. The van der Waals surface area contributed by atoms with E-state index in [4.69, 9.17) is 5.73 Å². The highest BCUT2D eigenvalue weighted by atomic mass is 15.0. The number of aryl methyl sites for hydroxylation is 1. The van der Waals surface area contributed by atoms with Crippen LogP contribution in [0, 0.1) is 6.92 Å². The Bertz CT molecular complexity index is 705. The number of rotatable bonds is 1. The molecule has 0 atom stereocenters. The topological polar surface area (TPSA) is 64.7 Å². The van der Waals surface area contributed by atoms with Crippen LogP contribution in [0.3, 0.4) is 0 Å². The molecule has 0 aliphatic heterocycles. The van der Waals surface area contributed by atoms with Gasteiger partial charge in [0.1, 0.15) is 0 Å². The maximum Gasteiger partial charge on any atom is 0.219 e. The molecule has 2 N–H and O–H groups in total. The fourth-order valence-corrected chi connectivity index (χ4v) is 1.89. The van der Waals surface area contributed by atoms with Gasteiger partial charge in [-0.3, -0.25) is 4.98 Å². The first-order valence-electron chi connectivity index (χ1n) is 5.68. The number of pyridine rings is 1. The van der Waals surface area contributed by atoms with E-state index in [1.165, 1.54) is 0 Å². The van der Waals surface area contributed by atoms with Crippen LogP contribution < -0.4 is 5.73 Å². The molecule has 0 fully saturated rings. The first-order chi connectivity index (χ1) is 8.72. The lowest BCUT2D eigenvalue weighted by Gasteiger charge is -2.04. The second-order valence-electron chi connectivity index (χ2n) is 4.19. The number of nitrogen functional groups attached to an aromatic ring is 1. The Labute approximate surface area is 105 Å². The largest absolute Gasteiger partial charge is 0.368 e. The van der Waals surface area contributed by atoms with Gasteiger partial charge in [-0.2, -0.15) is 0 Å². The minimum atomic E-state index is 0.289. The summed E-state index contributed by atoms with van der Waals surface area (Å²) in [4.78, 5) is 12.5. The van der Waals surface area contributed by atoms with Crippen molar-refractivity contribution in [2.24, 2.45) is 0 Å². The molecule has 0 aliphatic carbocycles. The van der Waals surface area contributed by atoms with E-state index in [0.717, 1.165) is 27.7 Å². The number of hydrogen-bond donors (Lipinski definition) is 1. The minimum absolute atomic E-state index is 0.289. The normalized spacial score (nSPS) is 10.7. The van der Waals surface area contributed by atoms with Crippen LogP contribution in [0.4, 0.5) is 5.95 Å². The summed E-state index contributed by atoms with van der Waals surface area (Å²) in [6.07, 6.45) is 3.45. The Morgan fingerprint density at radius 1 is 0.944 bits per heavy atom. The van der Waals surface area contributed by atoms with Crippen LogP contribution in [0.25, 0.3) is 22.0 Å². The second kappa shape index (κ2) is 4.07. The Morgan fingerprint density at radius 3 is 2.50 bits per heavy atom. The van der Waals surface area contributed by atoms with Crippen molar-refractivity contribution in [3.05, 3.63) is 48.4 Å². The van der Waals surface area contributed by atoms with Crippen LogP contribution in [-0.4, -0.2) is 15.0 Å². The molecule has 3 rings (SSSR count). The SMILES string of the molecule is Cc1ccc2cc(-c3cnc(N)nc3)ccc2n1. The number of nitrogens with zero attached hydrogens (tertiary/aromatic N) is 3. The van der Waals surface area contributed by atoms with Crippen molar-refractivity contribution in [1.29, 1.82) is 0 Å². The Morgan fingerprint density at radius 2 is 1.72 bits per heavy atom. The standard InChI is InChI=1S/C14H12N4/c1-9-2-3-11-6-10(4-5-13(11)18-9)12-7-16-14(15)17-8-12/h2-8H,1H3,(H2,15,16,17). The summed E-state index contributed by atoms with van der Waals surface area (Å²) in [6, 6.07) is 10.2. The van der Waals surface area contributed by atoms with Crippen LogP contribution in [0.15, 0.2) is 42.7 Å². The molecule has 0 aliphatic rings. The Kier molecular flexibility index (Phi) is 2.41. The molecular formula is C14H12N4. The van der Waals surface area contributed by atoms with Crippen LogP contribution in [-0.2, 0) is 0 Å². The van der Waals surface area contributed by atoms with Crippen molar-refractivity contribution in [2.45, 2.75) is 6.92 Å². The van der Waals surface area contributed by atoms with Gasteiger partial charge in [-0.05, 0) is 30.7 Å². The molecule has 0 saturated carbocycles. The average Bonchev–Trinajstić information content (AvgIpc) is 2.39. The smallest absolute Gasteiger partial charge is 0.219 e. The summed E-state index contributed by atoms with van der Waals surface area (Å²) in [6.45, 7) is 1.99. The lowest BCUT2D eigenvalue weighted by Crippen LogP contribution is -1.93. The molecule has 4 nitrogen and oxygen atoms in total. The van der Waals surface area contributed by atoms with Crippen LogP contribution in [0.5, 0.6) is 0 Å². The monoisotopic (exact) mass is 236 g/mol. The molecule has 3 aromatic rings. The lowest BCUT2D eigenvalue weighted by atomic mass is 10.1. The van der Waals surface area contributed by atoms with E-state index in [-0.39, 0.29) is 5.95 Å². The van der Waals surface area contributed by atoms with E-state index in [1.54, 1.807) is 12.4 Å². The maximum absolute atomic E-state index is 5.48. The Balaban J connectivity index is 2.13. The van der Waals surface area contributed by atoms with Crippen LogP contribution >= 0.6 is 0 Å². The zero-order valence-corrected chi connectivity index (χ0v) is 9.96. The molecule has 0 unspecified atom stereocenters. The highest BCUT2D eigenvalue weighted by Gasteiger charge is 2.02. The van der Waals surface area contributed by atoms with Crippen molar-refractivity contribution in [3.8, 4) is 11.1 Å².